The van der Waals surface area contributed by atoms with Crippen LogP contribution in [-0.4, -0.2) is 44.3 Å². The number of anilines is 1. The molecule has 0 heterocycles. The van der Waals surface area contributed by atoms with Crippen LogP contribution >= 0.6 is 0 Å². The third-order valence-corrected chi connectivity index (χ3v) is 8.54. The molecule has 0 aliphatic heterocycles. The number of carbonyl (C=O) groups is 2. The van der Waals surface area contributed by atoms with E-state index in [1.807, 2.05) is 71.0 Å². The number of carbonyl (C=O) groups excluding carboxylic acids is 2. The van der Waals surface area contributed by atoms with Crippen molar-refractivity contribution in [2.24, 2.45) is 0 Å². The summed E-state index contributed by atoms with van der Waals surface area (Å²) in [4.78, 5) is 28.9. The van der Waals surface area contributed by atoms with Crippen LogP contribution < -0.4 is 9.62 Å². The van der Waals surface area contributed by atoms with E-state index in [9.17, 15) is 18.0 Å². The molecule has 0 fully saturated rings. The van der Waals surface area contributed by atoms with Gasteiger partial charge in [0.05, 0.1) is 10.6 Å². The van der Waals surface area contributed by atoms with Crippen molar-refractivity contribution in [2.75, 3.05) is 17.4 Å². The minimum Gasteiger partial charge on any atom is -0.354 e. The molecule has 0 bridgehead atoms. The van der Waals surface area contributed by atoms with Gasteiger partial charge in [-0.2, -0.15) is 0 Å². The Balaban J connectivity index is 2.08. The molecular formula is C31H39N3O4S. The van der Waals surface area contributed by atoms with Crippen molar-refractivity contribution in [1.82, 2.24) is 10.2 Å². The van der Waals surface area contributed by atoms with Gasteiger partial charge in [0.2, 0.25) is 11.8 Å². The number of nitrogens with zero attached hydrogens (tertiary/aromatic N) is 2. The summed E-state index contributed by atoms with van der Waals surface area (Å²) in [6.45, 7) is 9.79. The molecule has 0 radical (unpaired) electrons. The van der Waals surface area contributed by atoms with Crippen LogP contribution in [-0.2, 0) is 26.2 Å². The fourth-order valence-corrected chi connectivity index (χ4v) is 6.07. The SMILES string of the molecule is CCCNC(=O)[C@H](CC)N(Cc1ccccc1C)C(=O)CN(c1ccc(C)cc1C)S(=O)(=O)c1ccccc1. The number of nitrogens with one attached hydrogen (secondary N) is 1. The van der Waals surface area contributed by atoms with E-state index in [-0.39, 0.29) is 17.3 Å². The molecule has 0 aliphatic carbocycles. The first-order valence-corrected chi connectivity index (χ1v) is 14.8. The molecule has 1 atom stereocenters. The summed E-state index contributed by atoms with van der Waals surface area (Å²) >= 11 is 0. The largest absolute Gasteiger partial charge is 0.354 e. The van der Waals surface area contributed by atoms with Crippen molar-refractivity contribution in [3.63, 3.8) is 0 Å². The van der Waals surface area contributed by atoms with E-state index in [0.29, 0.717) is 18.7 Å². The minimum atomic E-state index is -4.08. The van der Waals surface area contributed by atoms with E-state index in [1.54, 1.807) is 24.3 Å². The van der Waals surface area contributed by atoms with E-state index in [0.717, 1.165) is 28.7 Å². The third-order valence-electron chi connectivity index (χ3n) is 6.77. The van der Waals surface area contributed by atoms with Crippen LogP contribution in [0.3, 0.4) is 0 Å². The lowest BCUT2D eigenvalue weighted by molar-refractivity contribution is -0.140. The number of aryl methyl sites for hydroxylation is 3. The van der Waals surface area contributed by atoms with Crippen LogP contribution in [0, 0.1) is 20.8 Å². The van der Waals surface area contributed by atoms with Gasteiger partial charge in [-0.15, -0.1) is 0 Å². The highest BCUT2D eigenvalue weighted by Crippen LogP contribution is 2.28. The smallest absolute Gasteiger partial charge is 0.264 e. The lowest BCUT2D eigenvalue weighted by Crippen LogP contribution is -2.52. The molecule has 39 heavy (non-hydrogen) atoms. The molecule has 0 saturated carbocycles. The van der Waals surface area contributed by atoms with Gasteiger partial charge in [-0.1, -0.05) is 74.0 Å². The van der Waals surface area contributed by atoms with Crippen LogP contribution in [0.4, 0.5) is 5.69 Å². The quantitative estimate of drug-likeness (QED) is 0.339. The van der Waals surface area contributed by atoms with E-state index < -0.39 is 28.5 Å². The molecule has 0 aromatic heterocycles. The van der Waals surface area contributed by atoms with Crippen molar-refractivity contribution in [1.29, 1.82) is 0 Å². The zero-order valence-electron chi connectivity index (χ0n) is 23.5. The second kappa shape index (κ2) is 13.4. The number of hydrogen-bond donors (Lipinski definition) is 1. The fourth-order valence-electron chi connectivity index (χ4n) is 4.57. The molecule has 7 nitrogen and oxygen atoms in total. The number of amides is 2. The zero-order valence-corrected chi connectivity index (χ0v) is 24.3. The van der Waals surface area contributed by atoms with E-state index >= 15 is 0 Å². The summed E-state index contributed by atoms with van der Waals surface area (Å²) < 4.78 is 29.0. The minimum absolute atomic E-state index is 0.0935. The van der Waals surface area contributed by atoms with Crippen molar-refractivity contribution < 1.29 is 18.0 Å². The Hall–Kier alpha value is -3.65. The summed E-state index contributed by atoms with van der Waals surface area (Å²) in [5.41, 5.74) is 4.04. The van der Waals surface area contributed by atoms with Crippen LogP contribution in [0.25, 0.3) is 0 Å². The predicted molar refractivity (Wildman–Crippen MR) is 156 cm³/mol. The number of rotatable bonds is 12. The fraction of sp³-hybridized carbons (Fsp3) is 0.355. The Kier molecular flexibility index (Phi) is 10.3. The lowest BCUT2D eigenvalue weighted by atomic mass is 10.1. The number of hydrogen-bond acceptors (Lipinski definition) is 4. The molecule has 2 amide bonds. The van der Waals surface area contributed by atoms with Gasteiger partial charge in [0.15, 0.2) is 0 Å². The lowest BCUT2D eigenvalue weighted by Gasteiger charge is -2.34. The first-order chi connectivity index (χ1) is 18.6. The van der Waals surface area contributed by atoms with Gasteiger partial charge < -0.3 is 10.2 Å². The second-order valence-electron chi connectivity index (χ2n) is 9.78. The maximum absolute atomic E-state index is 14.1. The second-order valence-corrected chi connectivity index (χ2v) is 11.6. The van der Waals surface area contributed by atoms with Gasteiger partial charge in [-0.3, -0.25) is 13.9 Å². The molecule has 0 spiro atoms. The monoisotopic (exact) mass is 549 g/mol. The Bertz CT molecular complexity index is 1390. The van der Waals surface area contributed by atoms with Crippen molar-refractivity contribution in [2.45, 2.75) is 64.9 Å². The van der Waals surface area contributed by atoms with E-state index in [2.05, 4.69) is 5.32 Å². The normalized spacial score (nSPS) is 12.0. The topological polar surface area (TPSA) is 86.8 Å². The third kappa shape index (κ3) is 7.26. The molecule has 0 aliphatic rings. The highest BCUT2D eigenvalue weighted by Gasteiger charge is 2.34. The molecule has 3 aromatic carbocycles. The van der Waals surface area contributed by atoms with Crippen LogP contribution in [0.15, 0.2) is 77.7 Å². The Morgan fingerprint density at radius 1 is 0.872 bits per heavy atom. The molecule has 208 valence electrons. The summed E-state index contributed by atoms with van der Waals surface area (Å²) in [5.74, 6) is -0.693. The van der Waals surface area contributed by atoms with Crippen molar-refractivity contribution in [3.05, 3.63) is 95.1 Å². The molecular weight excluding hydrogens is 510 g/mol. The zero-order chi connectivity index (χ0) is 28.6. The average Bonchev–Trinajstić information content (AvgIpc) is 2.92. The van der Waals surface area contributed by atoms with Crippen molar-refractivity contribution in [3.8, 4) is 0 Å². The highest BCUT2D eigenvalue weighted by molar-refractivity contribution is 7.92. The highest BCUT2D eigenvalue weighted by atomic mass is 32.2. The number of benzene rings is 3. The van der Waals surface area contributed by atoms with Crippen LogP contribution in [0.1, 0.15) is 48.9 Å². The van der Waals surface area contributed by atoms with Gasteiger partial charge in [-0.05, 0) is 68.5 Å². The standard InChI is InChI=1S/C31H39N3O4S/c1-6-19-32-31(36)28(7-2)33(21-26-14-12-11-13-24(26)4)30(35)22-34(29-18-17-23(3)20-25(29)5)39(37,38)27-15-9-8-10-16-27/h8-18,20,28H,6-7,19,21-22H2,1-5H3,(H,32,36)/t28-/m0/s1. The first kappa shape index (κ1) is 29.9. The maximum Gasteiger partial charge on any atom is 0.264 e. The Morgan fingerprint density at radius 2 is 1.54 bits per heavy atom. The Morgan fingerprint density at radius 3 is 2.15 bits per heavy atom. The molecule has 3 aromatic rings. The number of sulfonamides is 1. The van der Waals surface area contributed by atoms with Crippen LogP contribution in [0.5, 0.6) is 0 Å². The Labute approximate surface area is 232 Å². The van der Waals surface area contributed by atoms with Gasteiger partial charge >= 0.3 is 0 Å². The molecule has 0 saturated heterocycles. The molecule has 8 heteroatoms. The maximum atomic E-state index is 14.1. The predicted octanol–water partition coefficient (Wildman–Crippen LogP) is 5.14. The molecule has 3 rings (SSSR count). The first-order valence-electron chi connectivity index (χ1n) is 13.4. The van der Waals surface area contributed by atoms with Gasteiger partial charge in [0.25, 0.3) is 10.0 Å². The molecule has 1 N–H and O–H groups in total. The molecule has 0 unspecified atom stereocenters. The summed E-state index contributed by atoms with van der Waals surface area (Å²) in [7, 11) is -4.08. The summed E-state index contributed by atoms with van der Waals surface area (Å²) in [5, 5.41) is 2.91. The van der Waals surface area contributed by atoms with Gasteiger partial charge in [0, 0.05) is 13.1 Å². The summed E-state index contributed by atoms with van der Waals surface area (Å²) in [6, 6.07) is 20.5. The van der Waals surface area contributed by atoms with E-state index in [4.69, 9.17) is 0 Å². The van der Waals surface area contributed by atoms with E-state index in [1.165, 1.54) is 21.3 Å². The van der Waals surface area contributed by atoms with Gasteiger partial charge in [-0.25, -0.2) is 8.42 Å². The van der Waals surface area contributed by atoms with Crippen LogP contribution in [0.2, 0.25) is 0 Å². The average molecular weight is 550 g/mol. The van der Waals surface area contributed by atoms with Gasteiger partial charge in [0.1, 0.15) is 12.6 Å². The summed E-state index contributed by atoms with van der Waals surface area (Å²) in [6.07, 6.45) is 1.16. The van der Waals surface area contributed by atoms with Crippen molar-refractivity contribution >= 4 is 27.5 Å².